The van der Waals surface area contributed by atoms with Gasteiger partial charge in [0.2, 0.25) is 0 Å². The third kappa shape index (κ3) is 4.00. The minimum atomic E-state index is 0.816. The zero-order chi connectivity index (χ0) is 12.1. The number of allylic oxidation sites excluding steroid dienone is 1. The molecule has 0 unspecified atom stereocenters. The summed E-state index contributed by atoms with van der Waals surface area (Å²) in [5.74, 6) is 0. The molecule has 3 heteroatoms. The Morgan fingerprint density at radius 2 is 2.41 bits per heavy atom. The van der Waals surface area contributed by atoms with Crippen LogP contribution in [-0.2, 0) is 6.54 Å². The quantitative estimate of drug-likeness (QED) is 0.734. The molecule has 1 fully saturated rings. The van der Waals surface area contributed by atoms with E-state index in [0.29, 0.717) is 0 Å². The lowest BCUT2D eigenvalue weighted by molar-refractivity contribution is 0.602. The molecule has 0 radical (unpaired) electrons. The van der Waals surface area contributed by atoms with Gasteiger partial charge >= 0.3 is 0 Å². The highest BCUT2D eigenvalue weighted by atomic mass is 15.3. The van der Waals surface area contributed by atoms with Gasteiger partial charge in [-0.2, -0.15) is 5.10 Å². The number of nitrogens with one attached hydrogen (secondary N) is 1. The van der Waals surface area contributed by atoms with Crippen LogP contribution >= 0.6 is 0 Å². The van der Waals surface area contributed by atoms with Crippen LogP contribution in [0.25, 0.3) is 5.57 Å². The molecule has 0 aromatic carbocycles. The number of rotatable bonds is 7. The summed E-state index contributed by atoms with van der Waals surface area (Å²) in [6.45, 7) is 6.46. The lowest BCUT2D eigenvalue weighted by Crippen LogP contribution is -2.16. The molecule has 1 aliphatic carbocycles. The van der Waals surface area contributed by atoms with Crippen molar-refractivity contribution in [3.63, 3.8) is 0 Å². The van der Waals surface area contributed by atoms with E-state index in [1.54, 1.807) is 0 Å². The molecule has 1 aliphatic rings. The van der Waals surface area contributed by atoms with Crippen LogP contribution in [0, 0.1) is 0 Å². The van der Waals surface area contributed by atoms with Gasteiger partial charge in [-0.25, -0.2) is 0 Å². The van der Waals surface area contributed by atoms with E-state index in [1.165, 1.54) is 24.0 Å². The summed E-state index contributed by atoms with van der Waals surface area (Å²) < 4.78 is 2.02. The van der Waals surface area contributed by atoms with E-state index in [4.69, 9.17) is 0 Å². The molecule has 0 aliphatic heterocycles. The summed E-state index contributed by atoms with van der Waals surface area (Å²) in [5.41, 5.74) is 2.59. The monoisotopic (exact) mass is 233 g/mol. The van der Waals surface area contributed by atoms with Gasteiger partial charge in [0.15, 0.2) is 0 Å². The molecule has 0 saturated heterocycles. The number of aryl methyl sites for hydroxylation is 1. The van der Waals surface area contributed by atoms with Crippen molar-refractivity contribution in [2.24, 2.45) is 0 Å². The summed E-state index contributed by atoms with van der Waals surface area (Å²) >= 11 is 0. The molecule has 1 saturated carbocycles. The first kappa shape index (κ1) is 12.4. The lowest BCUT2D eigenvalue weighted by Gasteiger charge is -2.00. The molecular weight excluding hydrogens is 210 g/mol. The molecule has 17 heavy (non-hydrogen) atoms. The van der Waals surface area contributed by atoms with E-state index < -0.39 is 0 Å². The molecule has 1 heterocycles. The Morgan fingerprint density at radius 3 is 3.12 bits per heavy atom. The fourth-order valence-corrected chi connectivity index (χ4v) is 1.90. The van der Waals surface area contributed by atoms with E-state index in [-0.39, 0.29) is 0 Å². The first-order valence-electron chi connectivity index (χ1n) is 6.72. The second-order valence-electron chi connectivity index (χ2n) is 4.90. The molecule has 1 N–H and O–H groups in total. The zero-order valence-corrected chi connectivity index (χ0v) is 10.9. The smallest absolute Gasteiger partial charge is 0.0564 e. The van der Waals surface area contributed by atoms with Gasteiger partial charge in [0.1, 0.15) is 0 Å². The lowest BCUT2D eigenvalue weighted by atomic mass is 10.1. The number of hydrogen-bond donors (Lipinski definition) is 1. The van der Waals surface area contributed by atoms with E-state index >= 15 is 0 Å². The van der Waals surface area contributed by atoms with Crippen molar-refractivity contribution >= 4 is 5.57 Å². The SMILES string of the molecule is CCCn1cc(C(C)=CCCNC2CC2)cn1. The van der Waals surface area contributed by atoms with E-state index in [2.05, 4.69) is 36.5 Å². The van der Waals surface area contributed by atoms with Gasteiger partial charge in [0.25, 0.3) is 0 Å². The Bertz CT molecular complexity index is 375. The van der Waals surface area contributed by atoms with Crippen LogP contribution < -0.4 is 5.32 Å². The first-order valence-corrected chi connectivity index (χ1v) is 6.72. The molecule has 1 aromatic heterocycles. The van der Waals surface area contributed by atoms with Crippen molar-refractivity contribution in [2.75, 3.05) is 6.54 Å². The third-order valence-corrected chi connectivity index (χ3v) is 3.15. The highest BCUT2D eigenvalue weighted by Crippen LogP contribution is 2.18. The normalized spacial score (nSPS) is 16.5. The van der Waals surface area contributed by atoms with Crippen LogP contribution in [0.5, 0.6) is 0 Å². The average molecular weight is 233 g/mol. The van der Waals surface area contributed by atoms with Crippen LogP contribution in [0.4, 0.5) is 0 Å². The Hall–Kier alpha value is -1.09. The van der Waals surface area contributed by atoms with Crippen LogP contribution in [0.3, 0.4) is 0 Å². The maximum Gasteiger partial charge on any atom is 0.0564 e. The minimum absolute atomic E-state index is 0.816. The van der Waals surface area contributed by atoms with Crippen molar-refractivity contribution in [1.29, 1.82) is 0 Å². The Morgan fingerprint density at radius 1 is 1.59 bits per heavy atom. The van der Waals surface area contributed by atoms with Crippen LogP contribution in [0.2, 0.25) is 0 Å². The predicted molar refractivity (Wildman–Crippen MR) is 71.8 cm³/mol. The van der Waals surface area contributed by atoms with Crippen molar-refractivity contribution in [3.8, 4) is 0 Å². The van der Waals surface area contributed by atoms with Crippen LogP contribution in [-0.4, -0.2) is 22.4 Å². The second-order valence-corrected chi connectivity index (χ2v) is 4.90. The molecule has 0 spiro atoms. The number of aromatic nitrogens is 2. The van der Waals surface area contributed by atoms with Crippen molar-refractivity contribution in [1.82, 2.24) is 15.1 Å². The van der Waals surface area contributed by atoms with E-state index in [9.17, 15) is 0 Å². The van der Waals surface area contributed by atoms with Crippen molar-refractivity contribution < 1.29 is 0 Å². The fourth-order valence-electron chi connectivity index (χ4n) is 1.90. The van der Waals surface area contributed by atoms with Gasteiger partial charge in [-0.1, -0.05) is 13.0 Å². The van der Waals surface area contributed by atoms with Gasteiger partial charge in [-0.15, -0.1) is 0 Å². The molecular formula is C14H23N3. The van der Waals surface area contributed by atoms with E-state index in [1.807, 2.05) is 10.9 Å². The van der Waals surface area contributed by atoms with Gasteiger partial charge < -0.3 is 5.32 Å². The van der Waals surface area contributed by atoms with Crippen LogP contribution in [0.1, 0.15) is 45.1 Å². The summed E-state index contributed by atoms with van der Waals surface area (Å²) in [5, 5.41) is 7.88. The van der Waals surface area contributed by atoms with Gasteiger partial charge in [0.05, 0.1) is 6.20 Å². The highest BCUT2D eigenvalue weighted by Gasteiger charge is 2.19. The number of hydrogen-bond acceptors (Lipinski definition) is 2. The Balaban J connectivity index is 1.79. The molecule has 94 valence electrons. The molecule has 0 bridgehead atoms. The third-order valence-electron chi connectivity index (χ3n) is 3.15. The second kappa shape index (κ2) is 6.01. The molecule has 0 atom stereocenters. The summed E-state index contributed by atoms with van der Waals surface area (Å²) in [4.78, 5) is 0. The maximum atomic E-state index is 4.35. The first-order chi connectivity index (χ1) is 8.29. The topological polar surface area (TPSA) is 29.9 Å². The largest absolute Gasteiger partial charge is 0.314 e. The Labute approximate surface area is 104 Å². The standard InChI is InChI=1S/C14H23N3/c1-3-9-17-11-13(10-16-17)12(2)5-4-8-15-14-6-7-14/h5,10-11,14-15H,3-4,6-9H2,1-2H3. The summed E-state index contributed by atoms with van der Waals surface area (Å²) in [6, 6.07) is 0.816. The van der Waals surface area contributed by atoms with Crippen LogP contribution in [0.15, 0.2) is 18.5 Å². The highest BCUT2D eigenvalue weighted by molar-refractivity contribution is 5.62. The van der Waals surface area contributed by atoms with Gasteiger partial charge in [-0.05, 0) is 44.7 Å². The van der Waals surface area contributed by atoms with Crippen molar-refractivity contribution in [3.05, 3.63) is 24.0 Å². The minimum Gasteiger partial charge on any atom is -0.314 e. The number of nitrogens with zero attached hydrogens (tertiary/aromatic N) is 2. The average Bonchev–Trinajstić information content (AvgIpc) is 3.03. The van der Waals surface area contributed by atoms with Gasteiger partial charge in [0, 0.05) is 24.3 Å². The predicted octanol–water partition coefficient (Wildman–Crippen LogP) is 2.84. The maximum absolute atomic E-state index is 4.35. The summed E-state index contributed by atoms with van der Waals surface area (Å²) in [6.07, 6.45) is 11.4. The molecule has 3 nitrogen and oxygen atoms in total. The van der Waals surface area contributed by atoms with Crippen molar-refractivity contribution in [2.45, 2.75) is 52.1 Å². The Kier molecular flexibility index (Phi) is 4.37. The zero-order valence-electron chi connectivity index (χ0n) is 10.9. The van der Waals surface area contributed by atoms with E-state index in [0.717, 1.165) is 32.0 Å². The van der Waals surface area contributed by atoms with Gasteiger partial charge in [-0.3, -0.25) is 4.68 Å². The summed E-state index contributed by atoms with van der Waals surface area (Å²) in [7, 11) is 0. The fraction of sp³-hybridized carbons (Fsp3) is 0.643. The molecule has 1 aromatic rings. The molecule has 0 amide bonds. The molecule has 2 rings (SSSR count).